The van der Waals surface area contributed by atoms with Crippen LogP contribution in [0.1, 0.15) is 43.5 Å². The molecule has 1 aliphatic carbocycles. The SMILES string of the molecule is Cn1nc(Cc2ccccc2F)n(CC2CCCCC2)c1=O. The minimum absolute atomic E-state index is 0.100. The Bertz CT molecular complexity index is 698. The first-order valence-corrected chi connectivity index (χ1v) is 8.01. The Morgan fingerprint density at radius 2 is 1.95 bits per heavy atom. The van der Waals surface area contributed by atoms with E-state index in [2.05, 4.69) is 5.10 Å². The fourth-order valence-electron chi connectivity index (χ4n) is 3.31. The molecular formula is C17H22FN3O. The third-order valence-electron chi connectivity index (χ3n) is 4.56. The molecule has 1 fully saturated rings. The predicted molar refractivity (Wildman–Crippen MR) is 83.2 cm³/mol. The highest BCUT2D eigenvalue weighted by atomic mass is 19.1. The van der Waals surface area contributed by atoms with Crippen molar-refractivity contribution in [2.45, 2.75) is 45.1 Å². The molecule has 118 valence electrons. The molecule has 0 atom stereocenters. The zero-order valence-electron chi connectivity index (χ0n) is 13.0. The molecule has 1 aliphatic rings. The number of benzene rings is 1. The molecule has 1 saturated carbocycles. The van der Waals surface area contributed by atoms with Crippen molar-refractivity contribution in [1.82, 2.24) is 14.3 Å². The molecule has 0 aliphatic heterocycles. The molecule has 0 N–H and O–H groups in total. The molecule has 1 aromatic carbocycles. The Balaban J connectivity index is 1.86. The molecule has 0 amide bonds. The summed E-state index contributed by atoms with van der Waals surface area (Å²) in [6.07, 6.45) is 6.46. The largest absolute Gasteiger partial charge is 0.345 e. The lowest BCUT2D eigenvalue weighted by Gasteiger charge is -2.22. The highest BCUT2D eigenvalue weighted by Crippen LogP contribution is 2.25. The molecule has 0 bridgehead atoms. The van der Waals surface area contributed by atoms with Crippen molar-refractivity contribution in [2.75, 3.05) is 0 Å². The van der Waals surface area contributed by atoms with Crippen molar-refractivity contribution in [3.05, 3.63) is 52.0 Å². The molecule has 1 heterocycles. The summed E-state index contributed by atoms with van der Waals surface area (Å²) in [5, 5.41) is 4.31. The van der Waals surface area contributed by atoms with Crippen molar-refractivity contribution in [3.8, 4) is 0 Å². The first-order chi connectivity index (χ1) is 10.6. The molecule has 5 heteroatoms. The van der Waals surface area contributed by atoms with Crippen LogP contribution in [0.2, 0.25) is 0 Å². The van der Waals surface area contributed by atoms with E-state index in [0.717, 1.165) is 0 Å². The number of aromatic nitrogens is 3. The highest BCUT2D eigenvalue weighted by molar-refractivity contribution is 5.21. The molecule has 0 spiro atoms. The zero-order chi connectivity index (χ0) is 15.5. The van der Waals surface area contributed by atoms with Crippen molar-refractivity contribution < 1.29 is 4.39 Å². The van der Waals surface area contributed by atoms with Crippen LogP contribution in [0.5, 0.6) is 0 Å². The molecule has 4 nitrogen and oxygen atoms in total. The summed E-state index contributed by atoms with van der Waals surface area (Å²) in [6, 6.07) is 6.68. The van der Waals surface area contributed by atoms with E-state index in [4.69, 9.17) is 0 Å². The van der Waals surface area contributed by atoms with Gasteiger partial charge >= 0.3 is 5.69 Å². The third kappa shape index (κ3) is 3.13. The average Bonchev–Trinajstić information content (AvgIpc) is 2.78. The van der Waals surface area contributed by atoms with Crippen LogP contribution < -0.4 is 5.69 Å². The Morgan fingerprint density at radius 3 is 2.68 bits per heavy atom. The lowest BCUT2D eigenvalue weighted by Crippen LogP contribution is -2.27. The number of halogens is 1. The normalized spacial score (nSPS) is 16.1. The van der Waals surface area contributed by atoms with Crippen LogP contribution in [0.4, 0.5) is 4.39 Å². The van der Waals surface area contributed by atoms with Gasteiger partial charge in [-0.05, 0) is 30.4 Å². The van der Waals surface area contributed by atoms with Crippen molar-refractivity contribution in [2.24, 2.45) is 13.0 Å². The number of nitrogens with zero attached hydrogens (tertiary/aromatic N) is 3. The van der Waals surface area contributed by atoms with Crippen LogP contribution in [-0.2, 0) is 20.0 Å². The van der Waals surface area contributed by atoms with Gasteiger partial charge in [0.1, 0.15) is 11.6 Å². The van der Waals surface area contributed by atoms with Gasteiger partial charge in [0, 0.05) is 20.0 Å². The van der Waals surface area contributed by atoms with Crippen molar-refractivity contribution in [3.63, 3.8) is 0 Å². The standard InChI is InChI=1S/C17H22FN3O/c1-20-17(22)21(12-13-7-3-2-4-8-13)16(19-20)11-14-9-5-6-10-15(14)18/h5-6,9-10,13H,2-4,7-8,11-12H2,1H3. The highest BCUT2D eigenvalue weighted by Gasteiger charge is 2.19. The zero-order valence-corrected chi connectivity index (χ0v) is 13.0. The second-order valence-corrected chi connectivity index (χ2v) is 6.21. The third-order valence-corrected chi connectivity index (χ3v) is 4.56. The maximum Gasteiger partial charge on any atom is 0.345 e. The molecule has 3 rings (SSSR count). The second kappa shape index (κ2) is 6.46. The van der Waals surface area contributed by atoms with Gasteiger partial charge in [0.25, 0.3) is 0 Å². The maximum atomic E-state index is 13.9. The average molecular weight is 303 g/mol. The fraction of sp³-hybridized carbons (Fsp3) is 0.529. The minimum Gasteiger partial charge on any atom is -0.278 e. The van der Waals surface area contributed by atoms with E-state index in [1.54, 1.807) is 23.7 Å². The number of hydrogen-bond donors (Lipinski definition) is 0. The number of aryl methyl sites for hydroxylation is 1. The van der Waals surface area contributed by atoms with Crippen LogP contribution in [0.3, 0.4) is 0 Å². The molecule has 0 unspecified atom stereocenters. The summed E-state index contributed by atoms with van der Waals surface area (Å²) < 4.78 is 16.9. The maximum absolute atomic E-state index is 13.9. The summed E-state index contributed by atoms with van der Waals surface area (Å²) in [7, 11) is 1.66. The van der Waals surface area contributed by atoms with E-state index in [0.29, 0.717) is 30.3 Å². The van der Waals surface area contributed by atoms with Gasteiger partial charge in [0.2, 0.25) is 0 Å². The first-order valence-electron chi connectivity index (χ1n) is 8.01. The van der Waals surface area contributed by atoms with E-state index in [1.165, 1.54) is 42.9 Å². The van der Waals surface area contributed by atoms with E-state index in [-0.39, 0.29) is 11.5 Å². The van der Waals surface area contributed by atoms with Crippen molar-refractivity contribution in [1.29, 1.82) is 0 Å². The second-order valence-electron chi connectivity index (χ2n) is 6.21. The van der Waals surface area contributed by atoms with Gasteiger partial charge < -0.3 is 0 Å². The quantitative estimate of drug-likeness (QED) is 0.871. The molecule has 22 heavy (non-hydrogen) atoms. The van der Waals surface area contributed by atoms with Gasteiger partial charge in [-0.3, -0.25) is 4.57 Å². The fourth-order valence-corrected chi connectivity index (χ4v) is 3.31. The summed E-state index contributed by atoms with van der Waals surface area (Å²) >= 11 is 0. The lowest BCUT2D eigenvalue weighted by molar-refractivity contribution is 0.313. The van der Waals surface area contributed by atoms with Gasteiger partial charge in [-0.2, -0.15) is 5.10 Å². The molecular weight excluding hydrogens is 281 g/mol. The lowest BCUT2D eigenvalue weighted by atomic mass is 9.89. The monoisotopic (exact) mass is 303 g/mol. The van der Waals surface area contributed by atoms with E-state index in [1.807, 2.05) is 6.07 Å². The van der Waals surface area contributed by atoms with Crippen LogP contribution >= 0.6 is 0 Å². The summed E-state index contributed by atoms with van der Waals surface area (Å²) in [4.78, 5) is 12.3. The first kappa shape index (κ1) is 15.0. The molecule has 0 radical (unpaired) electrons. The summed E-state index contributed by atoms with van der Waals surface area (Å²) in [5.74, 6) is 0.947. The topological polar surface area (TPSA) is 39.8 Å². The Kier molecular flexibility index (Phi) is 4.41. The molecule has 2 aromatic rings. The number of hydrogen-bond acceptors (Lipinski definition) is 2. The van der Waals surface area contributed by atoms with Crippen molar-refractivity contribution >= 4 is 0 Å². The molecule has 0 saturated heterocycles. The van der Waals surface area contributed by atoms with Crippen LogP contribution in [-0.4, -0.2) is 14.3 Å². The van der Waals surface area contributed by atoms with Gasteiger partial charge in [0.05, 0.1) is 0 Å². The van der Waals surface area contributed by atoms with E-state index >= 15 is 0 Å². The van der Waals surface area contributed by atoms with Gasteiger partial charge in [-0.15, -0.1) is 0 Å². The summed E-state index contributed by atoms with van der Waals surface area (Å²) in [6.45, 7) is 0.705. The Hall–Kier alpha value is -1.91. The van der Waals surface area contributed by atoms with Gasteiger partial charge in [-0.1, -0.05) is 37.5 Å². The Labute approximate surface area is 129 Å². The molecule has 1 aromatic heterocycles. The summed E-state index contributed by atoms with van der Waals surface area (Å²) in [5.41, 5.74) is 0.481. The van der Waals surface area contributed by atoms with Gasteiger partial charge in [-0.25, -0.2) is 13.9 Å². The van der Waals surface area contributed by atoms with Crippen LogP contribution in [0.25, 0.3) is 0 Å². The predicted octanol–water partition coefficient (Wildman–Crippen LogP) is 2.89. The smallest absolute Gasteiger partial charge is 0.278 e. The van der Waals surface area contributed by atoms with E-state index < -0.39 is 0 Å². The van der Waals surface area contributed by atoms with Gasteiger partial charge in [0.15, 0.2) is 0 Å². The minimum atomic E-state index is -0.246. The number of rotatable bonds is 4. The van der Waals surface area contributed by atoms with E-state index in [9.17, 15) is 9.18 Å². The Morgan fingerprint density at radius 1 is 1.23 bits per heavy atom. The van der Waals surface area contributed by atoms with Crippen LogP contribution in [0.15, 0.2) is 29.1 Å². The van der Waals surface area contributed by atoms with Crippen LogP contribution in [0, 0.1) is 11.7 Å².